The maximum absolute atomic E-state index is 11.9. The highest BCUT2D eigenvalue weighted by Gasteiger charge is 2.12. The molecule has 6 heteroatoms. The lowest BCUT2D eigenvalue weighted by Gasteiger charge is -2.06. The van der Waals surface area contributed by atoms with Crippen LogP contribution in [0.3, 0.4) is 0 Å². The summed E-state index contributed by atoms with van der Waals surface area (Å²) in [5, 5.41) is 3.23. The number of sulfone groups is 1. The number of thiazole rings is 1. The van der Waals surface area contributed by atoms with E-state index in [4.69, 9.17) is 0 Å². The molecular formula is C13H16N2O2S2. The van der Waals surface area contributed by atoms with Gasteiger partial charge in [0.2, 0.25) is 0 Å². The van der Waals surface area contributed by atoms with E-state index < -0.39 is 9.84 Å². The van der Waals surface area contributed by atoms with Crippen molar-refractivity contribution in [3.63, 3.8) is 0 Å². The molecule has 0 radical (unpaired) electrons. The van der Waals surface area contributed by atoms with Crippen LogP contribution in [-0.2, 0) is 16.4 Å². The van der Waals surface area contributed by atoms with Crippen molar-refractivity contribution >= 4 is 26.9 Å². The van der Waals surface area contributed by atoms with Gasteiger partial charge in [0.05, 0.1) is 22.7 Å². The smallest absolute Gasteiger partial charge is 0.178 e. The monoisotopic (exact) mass is 296 g/mol. The van der Waals surface area contributed by atoms with Gasteiger partial charge in [0.25, 0.3) is 0 Å². The van der Waals surface area contributed by atoms with Crippen molar-refractivity contribution in [2.24, 2.45) is 0 Å². The first-order valence-electron chi connectivity index (χ1n) is 6.06. The maximum atomic E-state index is 11.9. The van der Waals surface area contributed by atoms with E-state index in [9.17, 15) is 8.42 Å². The molecule has 2 aromatic rings. The van der Waals surface area contributed by atoms with Crippen LogP contribution < -0.4 is 5.32 Å². The van der Waals surface area contributed by atoms with E-state index in [0.717, 1.165) is 10.6 Å². The van der Waals surface area contributed by atoms with Gasteiger partial charge in [0, 0.05) is 16.8 Å². The Labute approximate surface area is 117 Å². The molecule has 0 bridgehead atoms. The number of rotatable bonds is 6. The summed E-state index contributed by atoms with van der Waals surface area (Å²) in [4.78, 5) is 5.53. The van der Waals surface area contributed by atoms with Crippen LogP contribution >= 0.6 is 11.3 Å². The summed E-state index contributed by atoms with van der Waals surface area (Å²) in [5.41, 5.74) is 2.70. The molecule has 0 saturated carbocycles. The Kier molecular flexibility index (Phi) is 4.55. The number of aromatic nitrogens is 1. The zero-order valence-corrected chi connectivity index (χ0v) is 12.3. The number of hydrogen-bond acceptors (Lipinski definition) is 5. The van der Waals surface area contributed by atoms with E-state index in [1.165, 1.54) is 0 Å². The molecule has 4 nitrogen and oxygen atoms in total. The zero-order valence-electron chi connectivity index (χ0n) is 10.7. The van der Waals surface area contributed by atoms with Crippen LogP contribution in [0.2, 0.25) is 0 Å². The molecule has 1 heterocycles. The van der Waals surface area contributed by atoms with Crippen molar-refractivity contribution in [2.45, 2.75) is 24.8 Å². The lowest BCUT2D eigenvalue weighted by Crippen LogP contribution is -2.06. The molecule has 0 atom stereocenters. The lowest BCUT2D eigenvalue weighted by atomic mass is 10.3. The molecule has 1 aromatic carbocycles. The molecule has 0 aliphatic rings. The van der Waals surface area contributed by atoms with Crippen LogP contribution in [-0.4, -0.2) is 19.2 Å². The molecule has 1 N–H and O–H groups in total. The van der Waals surface area contributed by atoms with Crippen molar-refractivity contribution in [3.8, 4) is 0 Å². The zero-order chi connectivity index (χ0) is 13.7. The Morgan fingerprint density at radius 2 is 2.00 bits per heavy atom. The predicted octanol–water partition coefficient (Wildman–Crippen LogP) is 2.94. The Hall–Kier alpha value is -1.40. The number of nitrogens with one attached hydrogen (secondary N) is 1. The van der Waals surface area contributed by atoms with E-state index in [-0.39, 0.29) is 5.75 Å². The van der Waals surface area contributed by atoms with E-state index in [2.05, 4.69) is 10.3 Å². The van der Waals surface area contributed by atoms with Crippen LogP contribution in [0, 0.1) is 0 Å². The molecular weight excluding hydrogens is 280 g/mol. The first-order chi connectivity index (χ1) is 9.12. The topological polar surface area (TPSA) is 59.1 Å². The molecule has 0 aliphatic carbocycles. The van der Waals surface area contributed by atoms with Crippen molar-refractivity contribution in [3.05, 3.63) is 40.8 Å². The lowest BCUT2D eigenvalue weighted by molar-refractivity contribution is 0.595. The van der Waals surface area contributed by atoms with Crippen molar-refractivity contribution in [1.82, 2.24) is 4.98 Å². The van der Waals surface area contributed by atoms with Crippen molar-refractivity contribution in [2.75, 3.05) is 11.1 Å². The highest BCUT2D eigenvalue weighted by molar-refractivity contribution is 7.91. The third-order valence-corrected chi connectivity index (χ3v) is 5.35. The normalized spacial score (nSPS) is 11.4. The fourth-order valence-corrected chi connectivity index (χ4v) is 3.54. The first kappa shape index (κ1) is 14.0. The van der Waals surface area contributed by atoms with Gasteiger partial charge in [0.1, 0.15) is 0 Å². The van der Waals surface area contributed by atoms with Gasteiger partial charge in [-0.2, -0.15) is 0 Å². The Morgan fingerprint density at radius 1 is 1.26 bits per heavy atom. The van der Waals surface area contributed by atoms with Crippen LogP contribution in [0.25, 0.3) is 0 Å². The molecule has 2 rings (SSSR count). The molecule has 0 amide bonds. The number of benzene rings is 1. The standard InChI is InChI=1S/C13H16N2O2S2/c1-2-7-19(16,17)13-5-3-11(4-6-13)15-9-12-8-14-10-18-12/h3-6,8,10,15H,2,7,9H2,1H3. The van der Waals surface area contributed by atoms with Gasteiger partial charge < -0.3 is 5.32 Å². The first-order valence-corrected chi connectivity index (χ1v) is 8.59. The van der Waals surface area contributed by atoms with Crippen molar-refractivity contribution in [1.29, 1.82) is 0 Å². The second-order valence-corrected chi connectivity index (χ2v) is 7.24. The third kappa shape index (κ3) is 3.78. The fraction of sp³-hybridized carbons (Fsp3) is 0.308. The van der Waals surface area contributed by atoms with Gasteiger partial charge in [0.15, 0.2) is 9.84 Å². The maximum Gasteiger partial charge on any atom is 0.178 e. The highest BCUT2D eigenvalue weighted by atomic mass is 32.2. The van der Waals surface area contributed by atoms with Crippen LogP contribution in [0.5, 0.6) is 0 Å². The summed E-state index contributed by atoms with van der Waals surface area (Å²) >= 11 is 1.59. The summed E-state index contributed by atoms with van der Waals surface area (Å²) in [6, 6.07) is 6.90. The van der Waals surface area contributed by atoms with Gasteiger partial charge in [-0.25, -0.2) is 8.42 Å². The molecule has 1 aromatic heterocycles. The number of anilines is 1. The second kappa shape index (κ2) is 6.16. The second-order valence-electron chi connectivity index (χ2n) is 4.16. The van der Waals surface area contributed by atoms with Crippen LogP contribution in [0.15, 0.2) is 40.9 Å². The number of hydrogen-bond donors (Lipinski definition) is 1. The largest absolute Gasteiger partial charge is 0.380 e. The Balaban J connectivity index is 2.02. The molecule has 0 saturated heterocycles. The van der Waals surface area contributed by atoms with E-state index in [1.54, 1.807) is 41.1 Å². The third-order valence-electron chi connectivity index (χ3n) is 2.64. The molecule has 0 aliphatic heterocycles. The Bertz CT molecular complexity index is 605. The van der Waals surface area contributed by atoms with E-state index in [1.807, 2.05) is 13.1 Å². The van der Waals surface area contributed by atoms with Gasteiger partial charge in [-0.1, -0.05) is 6.92 Å². The summed E-state index contributed by atoms with van der Waals surface area (Å²) in [6.45, 7) is 2.56. The highest BCUT2D eigenvalue weighted by Crippen LogP contribution is 2.17. The minimum Gasteiger partial charge on any atom is -0.380 e. The molecule has 0 unspecified atom stereocenters. The average molecular weight is 296 g/mol. The Morgan fingerprint density at radius 3 is 2.58 bits per heavy atom. The van der Waals surface area contributed by atoms with Gasteiger partial charge >= 0.3 is 0 Å². The van der Waals surface area contributed by atoms with E-state index in [0.29, 0.717) is 17.9 Å². The van der Waals surface area contributed by atoms with E-state index >= 15 is 0 Å². The average Bonchev–Trinajstić information content (AvgIpc) is 2.90. The van der Waals surface area contributed by atoms with Gasteiger partial charge in [-0.3, -0.25) is 4.98 Å². The SMILES string of the molecule is CCCS(=O)(=O)c1ccc(NCc2cncs2)cc1. The predicted molar refractivity (Wildman–Crippen MR) is 78.2 cm³/mol. The number of nitrogens with zero attached hydrogens (tertiary/aromatic N) is 1. The summed E-state index contributed by atoms with van der Waals surface area (Å²) in [6.07, 6.45) is 2.45. The van der Waals surface area contributed by atoms with Crippen molar-refractivity contribution < 1.29 is 8.42 Å². The van der Waals surface area contributed by atoms with Gasteiger partial charge in [-0.15, -0.1) is 11.3 Å². The van der Waals surface area contributed by atoms with Gasteiger partial charge in [-0.05, 0) is 30.7 Å². The molecule has 0 spiro atoms. The molecule has 102 valence electrons. The molecule has 0 fully saturated rings. The summed E-state index contributed by atoms with van der Waals surface area (Å²) < 4.78 is 23.7. The summed E-state index contributed by atoms with van der Waals surface area (Å²) in [5.74, 6) is 0.195. The van der Waals surface area contributed by atoms with Crippen LogP contribution in [0.1, 0.15) is 18.2 Å². The quantitative estimate of drug-likeness (QED) is 0.890. The molecule has 19 heavy (non-hydrogen) atoms. The minimum absolute atomic E-state index is 0.195. The fourth-order valence-electron chi connectivity index (χ4n) is 1.69. The summed E-state index contributed by atoms with van der Waals surface area (Å²) in [7, 11) is -3.12. The minimum atomic E-state index is -3.12. The van der Waals surface area contributed by atoms with Crippen LogP contribution in [0.4, 0.5) is 5.69 Å².